The third-order valence-electron chi connectivity index (χ3n) is 6.06. The average molecular weight is 496 g/mol. The maximum absolute atomic E-state index is 13.1. The van der Waals surface area contributed by atoms with E-state index in [4.69, 9.17) is 0 Å². The maximum atomic E-state index is 13.1. The largest absolute Gasteiger partial charge is 0.416 e. The molecule has 2 N–H and O–H groups in total. The van der Waals surface area contributed by atoms with Gasteiger partial charge in [0.25, 0.3) is 0 Å². The fourth-order valence-electron chi connectivity index (χ4n) is 4.01. The summed E-state index contributed by atoms with van der Waals surface area (Å²) in [7, 11) is 0. The number of aryl methyl sites for hydroxylation is 1. The molecule has 1 amide bonds. The van der Waals surface area contributed by atoms with Crippen LogP contribution in [-0.4, -0.2) is 22.7 Å². The second-order valence-electron chi connectivity index (χ2n) is 8.78. The van der Waals surface area contributed by atoms with Gasteiger partial charge in [0.05, 0.1) is 17.2 Å². The van der Waals surface area contributed by atoms with Crippen LogP contribution in [0, 0.1) is 5.92 Å². The molecule has 1 saturated carbocycles. The van der Waals surface area contributed by atoms with Gasteiger partial charge in [-0.3, -0.25) is 9.59 Å². The van der Waals surface area contributed by atoms with Crippen molar-refractivity contribution in [2.45, 2.75) is 50.5 Å². The number of carbonyl (C=O) groups excluding carboxylic acids is 2. The number of aromatic amines is 1. The van der Waals surface area contributed by atoms with Crippen molar-refractivity contribution in [2.75, 3.05) is 0 Å². The number of fused-ring (bicyclic) bond motifs is 1. The lowest BCUT2D eigenvalue weighted by atomic mass is 9.95. The van der Waals surface area contributed by atoms with Gasteiger partial charge >= 0.3 is 12.4 Å². The molecule has 4 nitrogen and oxygen atoms in total. The number of rotatable bonds is 8. The summed E-state index contributed by atoms with van der Waals surface area (Å²) in [5.41, 5.74) is -1.49. The summed E-state index contributed by atoms with van der Waals surface area (Å²) in [6, 6.07) is 7.73. The third-order valence-corrected chi connectivity index (χ3v) is 6.06. The number of ketones is 1. The molecule has 4 rings (SSSR count). The molecule has 0 aliphatic heterocycles. The summed E-state index contributed by atoms with van der Waals surface area (Å²) in [6.07, 6.45) is -7.28. The predicted octanol–water partition coefficient (Wildman–Crippen LogP) is 5.84. The van der Waals surface area contributed by atoms with E-state index in [2.05, 4.69) is 10.3 Å². The minimum Gasteiger partial charge on any atom is -0.361 e. The molecule has 0 saturated heterocycles. The lowest BCUT2D eigenvalue weighted by Gasteiger charge is -2.18. The van der Waals surface area contributed by atoms with E-state index in [0.717, 1.165) is 16.5 Å². The molecule has 35 heavy (non-hydrogen) atoms. The van der Waals surface area contributed by atoms with E-state index in [1.54, 1.807) is 6.20 Å². The first kappa shape index (κ1) is 24.8. The van der Waals surface area contributed by atoms with Gasteiger partial charge in [-0.1, -0.05) is 18.2 Å². The zero-order chi connectivity index (χ0) is 25.4. The Morgan fingerprint density at radius 1 is 0.971 bits per heavy atom. The normalized spacial score (nSPS) is 15.3. The van der Waals surface area contributed by atoms with Crippen molar-refractivity contribution in [3.05, 3.63) is 70.9 Å². The molecule has 1 aliphatic carbocycles. The van der Waals surface area contributed by atoms with Gasteiger partial charge in [0.1, 0.15) is 0 Å². The lowest BCUT2D eigenvalue weighted by molar-refractivity contribution is -0.143. The highest BCUT2D eigenvalue weighted by Gasteiger charge is 2.37. The number of hydrogen-bond acceptors (Lipinski definition) is 2. The SMILES string of the molecule is O=C(NC(Cc1c[nH]c2ccccc12)C(=O)CCc1cc(C(F)(F)F)cc(C(F)(F)F)c1)C1CC1. The third kappa shape index (κ3) is 6.04. The zero-order valence-electron chi connectivity index (χ0n) is 18.4. The summed E-state index contributed by atoms with van der Waals surface area (Å²) in [4.78, 5) is 28.5. The molecule has 1 heterocycles. The number of aromatic nitrogens is 1. The number of alkyl halides is 6. The topological polar surface area (TPSA) is 62.0 Å². The van der Waals surface area contributed by atoms with Crippen molar-refractivity contribution in [1.82, 2.24) is 10.3 Å². The van der Waals surface area contributed by atoms with Gasteiger partial charge in [-0.2, -0.15) is 26.3 Å². The van der Waals surface area contributed by atoms with Crippen LogP contribution in [0.15, 0.2) is 48.7 Å². The Bertz CT molecular complexity index is 1210. The number of para-hydroxylation sites is 1. The van der Waals surface area contributed by atoms with E-state index in [0.29, 0.717) is 25.0 Å². The minimum absolute atomic E-state index is 0.0565. The van der Waals surface area contributed by atoms with Gasteiger partial charge in [0.2, 0.25) is 5.91 Å². The van der Waals surface area contributed by atoms with Crippen molar-refractivity contribution in [2.24, 2.45) is 5.92 Å². The first-order valence-electron chi connectivity index (χ1n) is 11.1. The molecule has 1 aliphatic rings. The van der Waals surface area contributed by atoms with Gasteiger partial charge in [0, 0.05) is 35.9 Å². The maximum Gasteiger partial charge on any atom is 0.416 e. The van der Waals surface area contributed by atoms with Crippen molar-refractivity contribution in [1.29, 1.82) is 0 Å². The number of nitrogens with one attached hydrogen (secondary N) is 2. The highest BCUT2D eigenvalue weighted by atomic mass is 19.4. The Balaban J connectivity index is 1.54. The van der Waals surface area contributed by atoms with E-state index in [1.165, 1.54) is 0 Å². The summed E-state index contributed by atoms with van der Waals surface area (Å²) in [5, 5.41) is 3.59. The van der Waals surface area contributed by atoms with Crippen molar-refractivity contribution >= 4 is 22.6 Å². The van der Waals surface area contributed by atoms with E-state index < -0.39 is 35.3 Å². The average Bonchev–Trinajstić information content (AvgIpc) is 3.57. The van der Waals surface area contributed by atoms with Crippen molar-refractivity contribution in [3.8, 4) is 0 Å². The molecule has 186 valence electrons. The Hall–Kier alpha value is -3.30. The van der Waals surface area contributed by atoms with Crippen LogP contribution < -0.4 is 5.32 Å². The standard InChI is InChI=1S/C25H22F6N2O2/c26-24(27,28)17-9-14(10-18(12-17)25(29,30)31)5-8-22(34)21(33-23(35)15-6-7-15)11-16-13-32-20-4-2-1-3-19(16)20/h1-4,9-10,12-13,15,21,32H,5-8,11H2,(H,33,35). The summed E-state index contributed by atoms with van der Waals surface area (Å²) in [5.74, 6) is -0.914. The highest BCUT2D eigenvalue weighted by molar-refractivity contribution is 5.92. The summed E-state index contributed by atoms with van der Waals surface area (Å²) >= 11 is 0. The van der Waals surface area contributed by atoms with Crippen LogP contribution >= 0.6 is 0 Å². The molecule has 1 aromatic heterocycles. The molecule has 1 atom stereocenters. The van der Waals surface area contributed by atoms with E-state index in [-0.39, 0.29) is 42.7 Å². The molecule has 1 fully saturated rings. The van der Waals surface area contributed by atoms with Crippen LogP contribution in [-0.2, 0) is 34.8 Å². The van der Waals surface area contributed by atoms with Gasteiger partial charge in [-0.25, -0.2) is 0 Å². The Labute approximate surface area is 196 Å². The summed E-state index contributed by atoms with van der Waals surface area (Å²) in [6.45, 7) is 0. The first-order chi connectivity index (χ1) is 16.4. The minimum atomic E-state index is -4.96. The number of Topliss-reactive ketones (excluding diaryl/α,β-unsaturated/α-hetero) is 1. The van der Waals surface area contributed by atoms with E-state index in [1.807, 2.05) is 24.3 Å². The molecule has 0 bridgehead atoms. The van der Waals surface area contributed by atoms with Gasteiger partial charge in [0.15, 0.2) is 5.78 Å². The van der Waals surface area contributed by atoms with Crippen LogP contribution in [0.2, 0.25) is 0 Å². The van der Waals surface area contributed by atoms with Gasteiger partial charge in [-0.05, 0) is 54.7 Å². The Morgan fingerprint density at radius 2 is 1.60 bits per heavy atom. The van der Waals surface area contributed by atoms with Crippen LogP contribution in [0.4, 0.5) is 26.3 Å². The summed E-state index contributed by atoms with van der Waals surface area (Å²) < 4.78 is 78.9. The second-order valence-corrected chi connectivity index (χ2v) is 8.78. The molecule has 0 spiro atoms. The fourth-order valence-corrected chi connectivity index (χ4v) is 4.01. The molecular weight excluding hydrogens is 474 g/mol. The second kappa shape index (κ2) is 9.39. The van der Waals surface area contributed by atoms with Crippen molar-refractivity contribution in [3.63, 3.8) is 0 Å². The fraction of sp³-hybridized carbons (Fsp3) is 0.360. The van der Waals surface area contributed by atoms with Gasteiger partial charge in [-0.15, -0.1) is 0 Å². The van der Waals surface area contributed by atoms with E-state index in [9.17, 15) is 35.9 Å². The first-order valence-corrected chi connectivity index (χ1v) is 11.1. The molecular formula is C25H22F6N2O2. The molecule has 3 aromatic rings. The number of halogens is 6. The van der Waals surface area contributed by atoms with Gasteiger partial charge < -0.3 is 10.3 Å². The highest BCUT2D eigenvalue weighted by Crippen LogP contribution is 2.36. The zero-order valence-corrected chi connectivity index (χ0v) is 18.4. The van der Waals surface area contributed by atoms with Crippen LogP contribution in [0.1, 0.15) is 41.5 Å². The monoisotopic (exact) mass is 496 g/mol. The van der Waals surface area contributed by atoms with Crippen LogP contribution in [0.25, 0.3) is 10.9 Å². The molecule has 2 aromatic carbocycles. The number of hydrogen-bond donors (Lipinski definition) is 2. The number of benzene rings is 2. The number of H-pyrrole nitrogens is 1. The molecule has 1 unspecified atom stereocenters. The Kier molecular flexibility index (Phi) is 6.66. The van der Waals surface area contributed by atoms with E-state index >= 15 is 0 Å². The quantitative estimate of drug-likeness (QED) is 0.385. The predicted molar refractivity (Wildman–Crippen MR) is 116 cm³/mol. The lowest BCUT2D eigenvalue weighted by Crippen LogP contribution is -2.43. The Morgan fingerprint density at radius 3 is 2.20 bits per heavy atom. The van der Waals surface area contributed by atoms with Crippen molar-refractivity contribution < 1.29 is 35.9 Å². The number of carbonyl (C=O) groups is 2. The van der Waals surface area contributed by atoms with Crippen LogP contribution in [0.3, 0.4) is 0 Å². The molecule has 10 heteroatoms. The number of amides is 1. The smallest absolute Gasteiger partial charge is 0.361 e. The molecule has 0 radical (unpaired) electrons. The van der Waals surface area contributed by atoms with Crippen LogP contribution in [0.5, 0.6) is 0 Å².